The quantitative estimate of drug-likeness (QED) is 0.846. The summed E-state index contributed by atoms with van der Waals surface area (Å²) in [6, 6.07) is 1.85. The molecule has 2 heterocycles. The first kappa shape index (κ1) is 12.3. The van der Waals surface area contributed by atoms with Gasteiger partial charge in [-0.2, -0.15) is 0 Å². The van der Waals surface area contributed by atoms with Crippen LogP contribution in [0.15, 0.2) is 30.9 Å². The molecule has 0 aliphatic carbocycles. The number of rotatable bonds is 2. The molecular weight excluding hydrogens is 226 g/mol. The summed E-state index contributed by atoms with van der Waals surface area (Å²) in [5.74, 6) is 0.614. The van der Waals surface area contributed by atoms with Crippen molar-refractivity contribution in [2.24, 2.45) is 0 Å². The fraction of sp³-hybridized carbons (Fsp3) is 0.308. The van der Waals surface area contributed by atoms with Crippen LogP contribution in [-0.4, -0.2) is 20.5 Å². The molecule has 0 unspecified atom stereocenters. The zero-order valence-corrected chi connectivity index (χ0v) is 10.8. The number of hydrogen-bond acceptors (Lipinski definition) is 5. The lowest BCUT2D eigenvalue weighted by Gasteiger charge is -2.20. The molecular formula is C13H17N5. The minimum Gasteiger partial charge on any atom is -0.397 e. The van der Waals surface area contributed by atoms with Crippen molar-refractivity contribution in [3.63, 3.8) is 0 Å². The van der Waals surface area contributed by atoms with Crippen LogP contribution in [0, 0.1) is 0 Å². The Labute approximate surface area is 106 Å². The lowest BCUT2D eigenvalue weighted by Crippen LogP contribution is -2.27. The topological polar surface area (TPSA) is 76.7 Å². The fourth-order valence-corrected chi connectivity index (χ4v) is 1.49. The molecule has 0 spiro atoms. The van der Waals surface area contributed by atoms with E-state index in [0.717, 1.165) is 11.1 Å². The van der Waals surface area contributed by atoms with Crippen molar-refractivity contribution >= 4 is 11.6 Å². The Kier molecular flexibility index (Phi) is 3.14. The molecule has 3 N–H and O–H groups in total. The lowest BCUT2D eigenvalue weighted by atomic mass is 10.1. The molecule has 0 saturated carbocycles. The Balaban J connectivity index is 2.22. The van der Waals surface area contributed by atoms with Crippen molar-refractivity contribution < 1.29 is 0 Å². The van der Waals surface area contributed by atoms with Crippen molar-refractivity contribution in [2.75, 3.05) is 11.1 Å². The summed E-state index contributed by atoms with van der Waals surface area (Å²) in [6.45, 7) is 6.18. The molecule has 94 valence electrons. The summed E-state index contributed by atoms with van der Waals surface area (Å²) in [4.78, 5) is 12.6. The molecule has 18 heavy (non-hydrogen) atoms. The summed E-state index contributed by atoms with van der Waals surface area (Å²) < 4.78 is 0. The molecule has 0 aliphatic heterocycles. The van der Waals surface area contributed by atoms with Crippen molar-refractivity contribution in [1.29, 1.82) is 0 Å². The predicted molar refractivity (Wildman–Crippen MR) is 73.1 cm³/mol. The van der Waals surface area contributed by atoms with Gasteiger partial charge in [-0.1, -0.05) is 0 Å². The molecule has 5 nitrogen and oxygen atoms in total. The molecule has 0 bridgehead atoms. The number of pyridine rings is 1. The van der Waals surface area contributed by atoms with Gasteiger partial charge in [0.2, 0.25) is 5.95 Å². The van der Waals surface area contributed by atoms with Crippen molar-refractivity contribution in [3.05, 3.63) is 30.9 Å². The molecule has 0 fully saturated rings. The molecule has 2 aromatic rings. The summed E-state index contributed by atoms with van der Waals surface area (Å²) in [5, 5.41) is 3.21. The van der Waals surface area contributed by atoms with E-state index in [1.807, 2.05) is 6.07 Å². The molecule has 0 radical (unpaired) electrons. The molecule has 5 heteroatoms. The normalized spacial score (nSPS) is 11.3. The van der Waals surface area contributed by atoms with Gasteiger partial charge in [0.05, 0.1) is 5.69 Å². The van der Waals surface area contributed by atoms with E-state index in [-0.39, 0.29) is 5.54 Å². The molecule has 0 amide bonds. The van der Waals surface area contributed by atoms with Crippen LogP contribution in [-0.2, 0) is 0 Å². The fourth-order valence-electron chi connectivity index (χ4n) is 1.49. The van der Waals surface area contributed by atoms with Crippen LogP contribution in [0.5, 0.6) is 0 Å². The van der Waals surface area contributed by atoms with Gasteiger partial charge in [-0.25, -0.2) is 9.97 Å². The smallest absolute Gasteiger partial charge is 0.223 e. The first-order valence-electron chi connectivity index (χ1n) is 5.75. The third kappa shape index (κ3) is 3.16. The molecule has 0 aromatic carbocycles. The number of anilines is 2. The average molecular weight is 243 g/mol. The summed E-state index contributed by atoms with van der Waals surface area (Å²) in [5.41, 5.74) is 8.08. The van der Waals surface area contributed by atoms with Gasteiger partial charge in [-0.15, -0.1) is 0 Å². The van der Waals surface area contributed by atoms with Crippen LogP contribution in [0.25, 0.3) is 11.1 Å². The zero-order valence-electron chi connectivity index (χ0n) is 10.8. The highest BCUT2D eigenvalue weighted by Gasteiger charge is 2.11. The van der Waals surface area contributed by atoms with Crippen LogP contribution in [0.4, 0.5) is 11.6 Å². The van der Waals surface area contributed by atoms with Gasteiger partial charge in [-0.05, 0) is 26.8 Å². The Morgan fingerprint density at radius 2 is 1.67 bits per heavy atom. The number of aromatic nitrogens is 3. The first-order chi connectivity index (χ1) is 8.44. The maximum Gasteiger partial charge on any atom is 0.223 e. The van der Waals surface area contributed by atoms with E-state index in [1.54, 1.807) is 24.8 Å². The second-order valence-electron chi connectivity index (χ2n) is 5.18. The highest BCUT2D eigenvalue weighted by Crippen LogP contribution is 2.19. The number of nitrogens with one attached hydrogen (secondary N) is 1. The third-order valence-corrected chi connectivity index (χ3v) is 2.23. The summed E-state index contributed by atoms with van der Waals surface area (Å²) in [6.07, 6.45) is 6.88. The van der Waals surface area contributed by atoms with Crippen LogP contribution >= 0.6 is 0 Å². The number of hydrogen-bond donors (Lipinski definition) is 2. The van der Waals surface area contributed by atoms with Gasteiger partial charge in [0, 0.05) is 41.5 Å². The number of nitrogen functional groups attached to an aromatic ring is 1. The second kappa shape index (κ2) is 4.60. The summed E-state index contributed by atoms with van der Waals surface area (Å²) >= 11 is 0. The van der Waals surface area contributed by atoms with E-state index in [2.05, 4.69) is 41.0 Å². The van der Waals surface area contributed by atoms with Gasteiger partial charge in [-0.3, -0.25) is 4.98 Å². The number of nitrogens with two attached hydrogens (primary N) is 1. The molecule has 2 aromatic heterocycles. The van der Waals surface area contributed by atoms with E-state index >= 15 is 0 Å². The van der Waals surface area contributed by atoms with Crippen LogP contribution in [0.3, 0.4) is 0 Å². The van der Waals surface area contributed by atoms with Crippen molar-refractivity contribution in [2.45, 2.75) is 26.3 Å². The van der Waals surface area contributed by atoms with E-state index in [0.29, 0.717) is 11.6 Å². The molecule has 0 atom stereocenters. The third-order valence-electron chi connectivity index (χ3n) is 2.23. The average Bonchev–Trinajstić information content (AvgIpc) is 2.28. The van der Waals surface area contributed by atoms with Gasteiger partial charge in [0.1, 0.15) is 0 Å². The highest BCUT2D eigenvalue weighted by molar-refractivity contribution is 5.64. The minimum absolute atomic E-state index is 0.0553. The van der Waals surface area contributed by atoms with E-state index in [9.17, 15) is 0 Å². The largest absolute Gasteiger partial charge is 0.397 e. The van der Waals surface area contributed by atoms with E-state index < -0.39 is 0 Å². The Morgan fingerprint density at radius 3 is 2.22 bits per heavy atom. The minimum atomic E-state index is -0.0553. The predicted octanol–water partition coefficient (Wildman–Crippen LogP) is 2.33. The Hall–Kier alpha value is -2.17. The standard InChI is InChI=1S/C13H17N5/c1-13(2,3)18-12-16-6-10(7-17-12)9-4-11(14)8-15-5-9/h4-8H,14H2,1-3H3,(H,16,17,18). The maximum absolute atomic E-state index is 5.69. The van der Waals surface area contributed by atoms with Gasteiger partial charge in [0.15, 0.2) is 0 Å². The first-order valence-corrected chi connectivity index (χ1v) is 5.75. The maximum atomic E-state index is 5.69. The monoisotopic (exact) mass is 243 g/mol. The summed E-state index contributed by atoms with van der Waals surface area (Å²) in [7, 11) is 0. The lowest BCUT2D eigenvalue weighted by molar-refractivity contribution is 0.626. The highest BCUT2D eigenvalue weighted by atomic mass is 15.1. The zero-order chi connectivity index (χ0) is 13.2. The second-order valence-corrected chi connectivity index (χ2v) is 5.18. The van der Waals surface area contributed by atoms with Crippen LogP contribution in [0.1, 0.15) is 20.8 Å². The Morgan fingerprint density at radius 1 is 1.00 bits per heavy atom. The molecule has 0 aliphatic rings. The van der Waals surface area contributed by atoms with Gasteiger partial charge in [0.25, 0.3) is 0 Å². The van der Waals surface area contributed by atoms with Gasteiger partial charge < -0.3 is 11.1 Å². The van der Waals surface area contributed by atoms with E-state index in [1.165, 1.54) is 0 Å². The Bertz CT molecular complexity index is 528. The SMILES string of the molecule is CC(C)(C)Nc1ncc(-c2cncc(N)c2)cn1. The van der Waals surface area contributed by atoms with Crippen molar-refractivity contribution in [1.82, 2.24) is 15.0 Å². The van der Waals surface area contributed by atoms with Gasteiger partial charge >= 0.3 is 0 Å². The van der Waals surface area contributed by atoms with Crippen molar-refractivity contribution in [3.8, 4) is 11.1 Å². The van der Waals surface area contributed by atoms with Crippen LogP contribution in [0.2, 0.25) is 0 Å². The molecule has 0 saturated heterocycles. The van der Waals surface area contributed by atoms with E-state index in [4.69, 9.17) is 5.73 Å². The molecule has 2 rings (SSSR count). The number of nitrogens with zero attached hydrogens (tertiary/aromatic N) is 3. The van der Waals surface area contributed by atoms with Crippen LogP contribution < -0.4 is 11.1 Å².